The molecule has 2 N–H and O–H groups in total. The van der Waals surface area contributed by atoms with Crippen molar-refractivity contribution < 1.29 is 14.3 Å². The first-order valence-corrected chi connectivity index (χ1v) is 5.29. The predicted octanol–water partition coefficient (Wildman–Crippen LogP) is 1.39. The highest BCUT2D eigenvalue weighted by atomic mass is 19.1. The SMILES string of the molecule is O=C(O)c1ccc(C2CCNCC2)c(F)n1. The number of aromatic carboxylic acids is 1. The monoisotopic (exact) mass is 224 g/mol. The third kappa shape index (κ3) is 2.19. The first kappa shape index (κ1) is 11.0. The third-order valence-electron chi connectivity index (χ3n) is 2.88. The van der Waals surface area contributed by atoms with Gasteiger partial charge < -0.3 is 10.4 Å². The lowest BCUT2D eigenvalue weighted by Crippen LogP contribution is -2.27. The second-order valence-corrected chi connectivity index (χ2v) is 3.91. The van der Waals surface area contributed by atoms with Gasteiger partial charge in [-0.05, 0) is 37.9 Å². The summed E-state index contributed by atoms with van der Waals surface area (Å²) in [7, 11) is 0. The quantitative estimate of drug-likeness (QED) is 0.745. The summed E-state index contributed by atoms with van der Waals surface area (Å²) >= 11 is 0. The van der Waals surface area contributed by atoms with Crippen LogP contribution in [-0.2, 0) is 0 Å². The van der Waals surface area contributed by atoms with Crippen molar-refractivity contribution in [3.8, 4) is 0 Å². The fraction of sp³-hybridized carbons (Fsp3) is 0.455. The molecule has 1 aromatic heterocycles. The lowest BCUT2D eigenvalue weighted by Gasteiger charge is -2.22. The second-order valence-electron chi connectivity index (χ2n) is 3.91. The van der Waals surface area contributed by atoms with Crippen molar-refractivity contribution >= 4 is 5.97 Å². The van der Waals surface area contributed by atoms with Gasteiger partial charge in [-0.3, -0.25) is 0 Å². The third-order valence-corrected chi connectivity index (χ3v) is 2.88. The standard InChI is InChI=1S/C11H13FN2O2/c12-10-8(7-3-5-13-6-4-7)1-2-9(14-10)11(15)16/h1-2,7,13H,3-6H2,(H,15,16). The Morgan fingerprint density at radius 1 is 1.44 bits per heavy atom. The van der Waals surface area contributed by atoms with Gasteiger partial charge in [-0.1, -0.05) is 6.07 Å². The number of piperidine rings is 1. The van der Waals surface area contributed by atoms with E-state index >= 15 is 0 Å². The summed E-state index contributed by atoms with van der Waals surface area (Å²) in [6.45, 7) is 1.73. The number of carboxylic acids is 1. The van der Waals surface area contributed by atoms with Crippen molar-refractivity contribution in [2.24, 2.45) is 0 Å². The highest BCUT2D eigenvalue weighted by molar-refractivity contribution is 5.85. The van der Waals surface area contributed by atoms with Crippen molar-refractivity contribution in [1.82, 2.24) is 10.3 Å². The molecule has 1 saturated heterocycles. The maximum absolute atomic E-state index is 13.6. The number of halogens is 1. The van der Waals surface area contributed by atoms with E-state index in [1.54, 1.807) is 6.07 Å². The van der Waals surface area contributed by atoms with Crippen LogP contribution >= 0.6 is 0 Å². The molecule has 0 aliphatic carbocycles. The highest BCUT2D eigenvalue weighted by Gasteiger charge is 2.20. The van der Waals surface area contributed by atoms with Crippen molar-refractivity contribution in [2.45, 2.75) is 18.8 Å². The Kier molecular flexibility index (Phi) is 3.14. The maximum Gasteiger partial charge on any atom is 0.354 e. The average Bonchev–Trinajstić information content (AvgIpc) is 2.30. The number of nitrogens with zero attached hydrogens (tertiary/aromatic N) is 1. The van der Waals surface area contributed by atoms with E-state index in [0.29, 0.717) is 5.56 Å². The van der Waals surface area contributed by atoms with Crippen LogP contribution in [-0.4, -0.2) is 29.1 Å². The largest absolute Gasteiger partial charge is 0.477 e. The van der Waals surface area contributed by atoms with Gasteiger partial charge >= 0.3 is 5.97 Å². The zero-order valence-corrected chi connectivity index (χ0v) is 8.74. The number of nitrogens with one attached hydrogen (secondary N) is 1. The number of aromatic nitrogens is 1. The van der Waals surface area contributed by atoms with E-state index < -0.39 is 11.9 Å². The Morgan fingerprint density at radius 3 is 2.69 bits per heavy atom. The molecule has 0 saturated carbocycles. The lowest BCUT2D eigenvalue weighted by atomic mass is 9.91. The second kappa shape index (κ2) is 4.57. The highest BCUT2D eigenvalue weighted by Crippen LogP contribution is 2.26. The number of pyridine rings is 1. The van der Waals surface area contributed by atoms with Crippen LogP contribution in [0.1, 0.15) is 34.8 Å². The van der Waals surface area contributed by atoms with Crippen LogP contribution in [0.15, 0.2) is 12.1 Å². The van der Waals surface area contributed by atoms with Crippen LogP contribution in [0.3, 0.4) is 0 Å². The molecule has 4 nitrogen and oxygen atoms in total. The number of carbonyl (C=O) groups is 1. The van der Waals surface area contributed by atoms with Crippen LogP contribution in [0, 0.1) is 5.95 Å². The van der Waals surface area contributed by atoms with Gasteiger partial charge in [0.1, 0.15) is 0 Å². The molecule has 86 valence electrons. The number of rotatable bonds is 2. The molecule has 5 heteroatoms. The number of carboxylic acid groups (broad SMARTS) is 1. The summed E-state index contributed by atoms with van der Waals surface area (Å²) in [5.74, 6) is -1.70. The Labute approximate surface area is 92.5 Å². The van der Waals surface area contributed by atoms with Gasteiger partial charge in [0.05, 0.1) is 0 Å². The Hall–Kier alpha value is -1.49. The summed E-state index contributed by atoms with van der Waals surface area (Å²) in [4.78, 5) is 14.1. The smallest absolute Gasteiger partial charge is 0.354 e. The summed E-state index contributed by atoms with van der Waals surface area (Å²) in [6.07, 6.45) is 1.73. The molecule has 0 radical (unpaired) electrons. The minimum absolute atomic E-state index is 0.150. The van der Waals surface area contributed by atoms with E-state index in [0.717, 1.165) is 25.9 Å². The average molecular weight is 224 g/mol. The first-order valence-electron chi connectivity index (χ1n) is 5.29. The maximum atomic E-state index is 13.6. The van der Waals surface area contributed by atoms with Gasteiger partial charge in [-0.25, -0.2) is 9.78 Å². The molecule has 0 aromatic carbocycles. The topological polar surface area (TPSA) is 62.2 Å². The Bertz CT molecular complexity index is 403. The van der Waals surface area contributed by atoms with Crippen molar-refractivity contribution in [2.75, 3.05) is 13.1 Å². The molecule has 0 amide bonds. The number of hydrogen-bond donors (Lipinski definition) is 2. The van der Waals surface area contributed by atoms with Crippen molar-refractivity contribution in [3.05, 3.63) is 29.3 Å². The van der Waals surface area contributed by atoms with Crippen molar-refractivity contribution in [1.29, 1.82) is 0 Å². The first-order chi connectivity index (χ1) is 7.68. The molecular weight excluding hydrogens is 211 g/mol. The molecule has 1 aliphatic heterocycles. The lowest BCUT2D eigenvalue weighted by molar-refractivity contribution is 0.0689. The van der Waals surface area contributed by atoms with Gasteiger partial charge in [0.25, 0.3) is 0 Å². The van der Waals surface area contributed by atoms with E-state index in [9.17, 15) is 9.18 Å². The van der Waals surface area contributed by atoms with E-state index in [1.807, 2.05) is 0 Å². The molecule has 2 heterocycles. The molecule has 0 spiro atoms. The molecule has 1 fully saturated rings. The van der Waals surface area contributed by atoms with E-state index in [4.69, 9.17) is 5.11 Å². The molecular formula is C11H13FN2O2. The molecule has 16 heavy (non-hydrogen) atoms. The van der Waals surface area contributed by atoms with E-state index in [1.165, 1.54) is 6.07 Å². The van der Waals surface area contributed by atoms with E-state index in [-0.39, 0.29) is 11.6 Å². The van der Waals surface area contributed by atoms with Crippen LogP contribution in [0.4, 0.5) is 4.39 Å². The Balaban J connectivity index is 2.24. The Morgan fingerprint density at radius 2 is 2.12 bits per heavy atom. The van der Waals surface area contributed by atoms with Gasteiger partial charge in [0.2, 0.25) is 5.95 Å². The van der Waals surface area contributed by atoms with Gasteiger partial charge in [-0.15, -0.1) is 0 Å². The summed E-state index contributed by atoms with van der Waals surface area (Å²) < 4.78 is 13.6. The normalized spacial score (nSPS) is 17.3. The molecule has 0 bridgehead atoms. The minimum atomic E-state index is -1.20. The molecule has 1 aromatic rings. The zero-order chi connectivity index (χ0) is 11.5. The summed E-state index contributed by atoms with van der Waals surface area (Å²) in [5.41, 5.74) is 0.293. The molecule has 1 aliphatic rings. The van der Waals surface area contributed by atoms with Gasteiger partial charge in [0.15, 0.2) is 5.69 Å². The molecule has 2 rings (SSSR count). The number of hydrogen-bond acceptors (Lipinski definition) is 3. The van der Waals surface area contributed by atoms with E-state index in [2.05, 4.69) is 10.3 Å². The summed E-state index contributed by atoms with van der Waals surface area (Å²) in [6, 6.07) is 2.91. The molecule has 0 unspecified atom stereocenters. The van der Waals surface area contributed by atoms with Crippen LogP contribution in [0.25, 0.3) is 0 Å². The minimum Gasteiger partial charge on any atom is -0.477 e. The fourth-order valence-electron chi connectivity index (χ4n) is 2.00. The fourth-order valence-corrected chi connectivity index (χ4v) is 2.00. The van der Waals surface area contributed by atoms with Gasteiger partial charge in [-0.2, -0.15) is 4.39 Å². The van der Waals surface area contributed by atoms with Crippen LogP contribution in [0.5, 0.6) is 0 Å². The summed E-state index contributed by atoms with van der Waals surface area (Å²) in [5, 5.41) is 11.9. The van der Waals surface area contributed by atoms with Crippen LogP contribution < -0.4 is 5.32 Å². The van der Waals surface area contributed by atoms with Crippen molar-refractivity contribution in [3.63, 3.8) is 0 Å². The molecule has 0 atom stereocenters. The predicted molar refractivity (Wildman–Crippen MR) is 56.0 cm³/mol. The zero-order valence-electron chi connectivity index (χ0n) is 8.74. The van der Waals surface area contributed by atoms with Crippen LogP contribution in [0.2, 0.25) is 0 Å². The van der Waals surface area contributed by atoms with Gasteiger partial charge in [0, 0.05) is 5.56 Å².